The van der Waals surface area contributed by atoms with Gasteiger partial charge in [0, 0.05) is 44.6 Å². The largest absolute Gasteiger partial charge is 0.496 e. The fourth-order valence-corrected chi connectivity index (χ4v) is 3.98. The van der Waals surface area contributed by atoms with Crippen molar-refractivity contribution in [3.8, 4) is 5.75 Å². The van der Waals surface area contributed by atoms with E-state index in [1.807, 2.05) is 18.5 Å². The number of fused-ring (bicyclic) bond motifs is 1. The highest BCUT2D eigenvalue weighted by atomic mass is 35.5. The predicted molar refractivity (Wildman–Crippen MR) is 102 cm³/mol. The minimum absolute atomic E-state index is 0. The molecule has 6 heteroatoms. The second-order valence-corrected chi connectivity index (χ2v) is 6.57. The Bertz CT molecular complexity index is 675. The van der Waals surface area contributed by atoms with Crippen LogP contribution in [-0.2, 0) is 12.8 Å². The average molecular weight is 361 g/mol. The molecule has 0 spiro atoms. The van der Waals surface area contributed by atoms with E-state index < -0.39 is 0 Å². The number of hydrogen-bond donors (Lipinski definition) is 0. The van der Waals surface area contributed by atoms with E-state index in [2.05, 4.69) is 38.0 Å². The standard InChI is InChI=1S/C19H24N4O.ClH/c1-24-18-5-2-4-15-6-7-16(14-17(15)18)22-10-12-23(13-11-22)19-20-8-3-9-21-19;/h2-5,8-9,16H,6-7,10-14H2,1H3;1H. The van der Waals surface area contributed by atoms with E-state index in [9.17, 15) is 0 Å². The fraction of sp³-hybridized carbons (Fsp3) is 0.474. The summed E-state index contributed by atoms with van der Waals surface area (Å²) in [4.78, 5) is 13.7. The van der Waals surface area contributed by atoms with Gasteiger partial charge in [-0.2, -0.15) is 0 Å². The first-order valence-corrected chi connectivity index (χ1v) is 8.76. The zero-order valence-electron chi connectivity index (χ0n) is 14.6. The fourth-order valence-electron chi connectivity index (χ4n) is 3.98. The number of methoxy groups -OCH3 is 1. The smallest absolute Gasteiger partial charge is 0.225 e. The molecule has 0 N–H and O–H groups in total. The van der Waals surface area contributed by atoms with Crippen molar-refractivity contribution in [3.63, 3.8) is 0 Å². The maximum absolute atomic E-state index is 5.58. The molecule has 134 valence electrons. The topological polar surface area (TPSA) is 41.5 Å². The normalized spacial score (nSPS) is 20.5. The molecule has 1 aromatic carbocycles. The van der Waals surface area contributed by atoms with Gasteiger partial charge in [-0.25, -0.2) is 9.97 Å². The van der Waals surface area contributed by atoms with Crippen molar-refractivity contribution in [2.75, 3.05) is 38.2 Å². The molecule has 2 aliphatic rings. The molecule has 2 heterocycles. The molecular weight excluding hydrogens is 336 g/mol. The lowest BCUT2D eigenvalue weighted by molar-refractivity contribution is 0.168. The average Bonchev–Trinajstić information content (AvgIpc) is 2.68. The van der Waals surface area contributed by atoms with Gasteiger partial charge in [0.1, 0.15) is 5.75 Å². The van der Waals surface area contributed by atoms with Gasteiger partial charge < -0.3 is 9.64 Å². The molecule has 1 saturated heterocycles. The summed E-state index contributed by atoms with van der Waals surface area (Å²) in [6.45, 7) is 4.15. The lowest BCUT2D eigenvalue weighted by Gasteiger charge is -2.41. The van der Waals surface area contributed by atoms with E-state index in [4.69, 9.17) is 4.74 Å². The van der Waals surface area contributed by atoms with Crippen LogP contribution in [0.15, 0.2) is 36.7 Å². The predicted octanol–water partition coefficient (Wildman–Crippen LogP) is 2.59. The van der Waals surface area contributed by atoms with Crippen LogP contribution < -0.4 is 9.64 Å². The Morgan fingerprint density at radius 3 is 2.52 bits per heavy atom. The summed E-state index contributed by atoms with van der Waals surface area (Å²) in [5.41, 5.74) is 2.87. The van der Waals surface area contributed by atoms with Crippen molar-refractivity contribution >= 4 is 18.4 Å². The van der Waals surface area contributed by atoms with Crippen molar-refractivity contribution in [1.82, 2.24) is 14.9 Å². The molecule has 1 aliphatic carbocycles. The third kappa shape index (κ3) is 3.72. The highest BCUT2D eigenvalue weighted by molar-refractivity contribution is 5.85. The Hall–Kier alpha value is -1.85. The van der Waals surface area contributed by atoms with Crippen LogP contribution in [0.4, 0.5) is 5.95 Å². The number of aryl methyl sites for hydroxylation is 1. The first-order valence-electron chi connectivity index (χ1n) is 8.76. The summed E-state index contributed by atoms with van der Waals surface area (Å²) >= 11 is 0. The van der Waals surface area contributed by atoms with E-state index in [1.165, 1.54) is 17.5 Å². The molecule has 1 aliphatic heterocycles. The lowest BCUT2D eigenvalue weighted by atomic mass is 9.86. The lowest BCUT2D eigenvalue weighted by Crippen LogP contribution is -2.52. The van der Waals surface area contributed by atoms with E-state index in [-0.39, 0.29) is 12.4 Å². The van der Waals surface area contributed by atoms with Crippen LogP contribution in [0.2, 0.25) is 0 Å². The number of aromatic nitrogens is 2. The number of rotatable bonds is 3. The molecule has 1 fully saturated rings. The summed E-state index contributed by atoms with van der Waals surface area (Å²) in [5, 5.41) is 0. The number of halogens is 1. The summed E-state index contributed by atoms with van der Waals surface area (Å²) < 4.78 is 5.58. The van der Waals surface area contributed by atoms with E-state index in [0.717, 1.165) is 50.7 Å². The molecule has 25 heavy (non-hydrogen) atoms. The minimum atomic E-state index is 0. The van der Waals surface area contributed by atoms with Crippen molar-refractivity contribution in [1.29, 1.82) is 0 Å². The van der Waals surface area contributed by atoms with Crippen LogP contribution >= 0.6 is 12.4 Å². The van der Waals surface area contributed by atoms with Crippen molar-refractivity contribution < 1.29 is 4.74 Å². The number of anilines is 1. The van der Waals surface area contributed by atoms with E-state index >= 15 is 0 Å². The molecule has 4 rings (SSSR count). The van der Waals surface area contributed by atoms with E-state index in [1.54, 1.807) is 7.11 Å². The number of piperazine rings is 1. The van der Waals surface area contributed by atoms with Crippen LogP contribution in [0.5, 0.6) is 5.75 Å². The van der Waals surface area contributed by atoms with Gasteiger partial charge in [0.25, 0.3) is 0 Å². The van der Waals surface area contributed by atoms with Crippen LogP contribution in [0.1, 0.15) is 17.5 Å². The van der Waals surface area contributed by atoms with Gasteiger partial charge in [-0.1, -0.05) is 12.1 Å². The van der Waals surface area contributed by atoms with Gasteiger partial charge >= 0.3 is 0 Å². The molecule has 0 bridgehead atoms. The van der Waals surface area contributed by atoms with Crippen LogP contribution in [-0.4, -0.2) is 54.2 Å². The quantitative estimate of drug-likeness (QED) is 0.841. The maximum Gasteiger partial charge on any atom is 0.225 e. The molecule has 0 saturated carbocycles. The van der Waals surface area contributed by atoms with Gasteiger partial charge in [-0.15, -0.1) is 12.4 Å². The molecule has 1 aromatic heterocycles. The first-order chi connectivity index (χ1) is 11.8. The number of nitrogens with zero attached hydrogens (tertiary/aromatic N) is 4. The second kappa shape index (κ2) is 8.02. The first kappa shape index (κ1) is 18.0. The Kier molecular flexibility index (Phi) is 5.76. The summed E-state index contributed by atoms with van der Waals surface area (Å²) in [6, 6.07) is 8.93. The Morgan fingerprint density at radius 1 is 1.04 bits per heavy atom. The van der Waals surface area contributed by atoms with Gasteiger partial charge in [-0.05, 0) is 42.5 Å². The number of ether oxygens (including phenoxy) is 1. The molecule has 0 amide bonds. The van der Waals surface area contributed by atoms with Gasteiger partial charge in [0.05, 0.1) is 7.11 Å². The Labute approximate surface area is 155 Å². The molecule has 2 aromatic rings. The van der Waals surface area contributed by atoms with Gasteiger partial charge in [-0.3, -0.25) is 4.90 Å². The summed E-state index contributed by atoms with van der Waals surface area (Å²) in [6.07, 6.45) is 7.13. The zero-order valence-corrected chi connectivity index (χ0v) is 15.4. The van der Waals surface area contributed by atoms with Crippen molar-refractivity contribution in [3.05, 3.63) is 47.8 Å². The van der Waals surface area contributed by atoms with Crippen molar-refractivity contribution in [2.45, 2.75) is 25.3 Å². The number of benzene rings is 1. The molecular formula is C19H25ClN4O. The maximum atomic E-state index is 5.58. The highest BCUT2D eigenvalue weighted by Crippen LogP contribution is 2.31. The Balaban J connectivity index is 0.00000182. The second-order valence-electron chi connectivity index (χ2n) is 6.57. The van der Waals surface area contributed by atoms with Gasteiger partial charge in [0.2, 0.25) is 5.95 Å². The third-order valence-electron chi connectivity index (χ3n) is 5.30. The van der Waals surface area contributed by atoms with Crippen molar-refractivity contribution in [2.24, 2.45) is 0 Å². The van der Waals surface area contributed by atoms with Gasteiger partial charge in [0.15, 0.2) is 0 Å². The zero-order chi connectivity index (χ0) is 16.4. The third-order valence-corrected chi connectivity index (χ3v) is 5.30. The monoisotopic (exact) mass is 360 g/mol. The van der Waals surface area contributed by atoms with E-state index in [0.29, 0.717) is 6.04 Å². The van der Waals surface area contributed by atoms with Crippen LogP contribution in [0.3, 0.4) is 0 Å². The minimum Gasteiger partial charge on any atom is -0.496 e. The molecule has 1 atom stereocenters. The number of hydrogen-bond acceptors (Lipinski definition) is 5. The SMILES string of the molecule is COc1cccc2c1CC(N1CCN(c3ncccn3)CC1)CC2.Cl. The van der Waals surface area contributed by atoms with Crippen LogP contribution in [0.25, 0.3) is 0 Å². The summed E-state index contributed by atoms with van der Waals surface area (Å²) in [7, 11) is 1.78. The highest BCUT2D eigenvalue weighted by Gasteiger charge is 2.29. The molecule has 5 nitrogen and oxygen atoms in total. The molecule has 0 radical (unpaired) electrons. The Morgan fingerprint density at radius 2 is 1.80 bits per heavy atom. The summed E-state index contributed by atoms with van der Waals surface area (Å²) in [5.74, 6) is 1.90. The van der Waals surface area contributed by atoms with Crippen LogP contribution in [0, 0.1) is 0 Å². The molecule has 1 unspecified atom stereocenters.